The van der Waals surface area contributed by atoms with Gasteiger partial charge in [0.1, 0.15) is 17.6 Å². The Morgan fingerprint density at radius 2 is 2.20 bits per heavy atom. The lowest BCUT2D eigenvalue weighted by atomic mass is 10.2. The van der Waals surface area contributed by atoms with Gasteiger partial charge >= 0.3 is 0 Å². The molecule has 2 aromatic rings. The van der Waals surface area contributed by atoms with Crippen LogP contribution in [0.3, 0.4) is 0 Å². The molecular formula is C14H18N4O2. The third-order valence-electron chi connectivity index (χ3n) is 4.10. The van der Waals surface area contributed by atoms with Crippen molar-refractivity contribution in [1.82, 2.24) is 19.7 Å². The number of hydrogen-bond donors (Lipinski definition) is 0. The van der Waals surface area contributed by atoms with Crippen LogP contribution < -0.4 is 0 Å². The summed E-state index contributed by atoms with van der Waals surface area (Å²) in [6.07, 6.45) is 8.58. The fraction of sp³-hybridized carbons (Fsp3) is 0.643. The van der Waals surface area contributed by atoms with Gasteiger partial charge in [0.25, 0.3) is 5.89 Å². The summed E-state index contributed by atoms with van der Waals surface area (Å²) >= 11 is 0. The SMILES string of the molecule is c1nc2n(c1-c1nc(C3CCCO3)no1)CCCCC2. The van der Waals surface area contributed by atoms with Crippen LogP contribution in [-0.4, -0.2) is 26.3 Å². The molecule has 1 unspecified atom stereocenters. The molecule has 0 saturated carbocycles. The van der Waals surface area contributed by atoms with Crippen LogP contribution >= 0.6 is 0 Å². The second-order valence-electron chi connectivity index (χ2n) is 5.48. The minimum absolute atomic E-state index is 0.000902. The molecule has 0 bridgehead atoms. The van der Waals surface area contributed by atoms with Crippen LogP contribution in [0.1, 0.15) is 49.9 Å². The van der Waals surface area contributed by atoms with Crippen molar-refractivity contribution in [2.45, 2.75) is 51.2 Å². The highest BCUT2D eigenvalue weighted by Gasteiger charge is 2.25. The first-order valence-corrected chi connectivity index (χ1v) is 7.42. The highest BCUT2D eigenvalue weighted by molar-refractivity contribution is 5.47. The Hall–Kier alpha value is -1.69. The molecule has 20 heavy (non-hydrogen) atoms. The molecule has 0 N–H and O–H groups in total. The molecule has 2 aliphatic rings. The number of nitrogens with zero attached hydrogens (tertiary/aromatic N) is 4. The second kappa shape index (κ2) is 5.01. The van der Waals surface area contributed by atoms with Gasteiger partial charge in [-0.1, -0.05) is 11.6 Å². The number of aromatic nitrogens is 4. The quantitative estimate of drug-likeness (QED) is 0.841. The number of aryl methyl sites for hydroxylation is 1. The average molecular weight is 274 g/mol. The third kappa shape index (κ3) is 2.04. The van der Waals surface area contributed by atoms with Gasteiger partial charge in [-0.15, -0.1) is 0 Å². The van der Waals surface area contributed by atoms with Crippen molar-refractivity contribution in [2.24, 2.45) is 0 Å². The Morgan fingerprint density at radius 3 is 3.10 bits per heavy atom. The molecule has 4 rings (SSSR count). The zero-order valence-corrected chi connectivity index (χ0v) is 11.4. The summed E-state index contributed by atoms with van der Waals surface area (Å²) in [4.78, 5) is 9.01. The molecule has 6 nitrogen and oxygen atoms in total. The number of ether oxygens (including phenoxy) is 1. The van der Waals surface area contributed by atoms with Gasteiger partial charge in [0.05, 0.1) is 6.20 Å². The van der Waals surface area contributed by atoms with Crippen LogP contribution in [0.4, 0.5) is 0 Å². The van der Waals surface area contributed by atoms with Gasteiger partial charge in [-0.05, 0) is 25.7 Å². The fourth-order valence-electron chi connectivity index (χ4n) is 3.01. The van der Waals surface area contributed by atoms with Gasteiger partial charge < -0.3 is 13.8 Å². The van der Waals surface area contributed by atoms with Crippen molar-refractivity contribution in [3.05, 3.63) is 17.8 Å². The molecule has 106 valence electrons. The Balaban J connectivity index is 1.65. The van der Waals surface area contributed by atoms with Crippen LogP contribution in [0.15, 0.2) is 10.7 Å². The molecule has 1 saturated heterocycles. The molecule has 2 aliphatic heterocycles. The van der Waals surface area contributed by atoms with E-state index in [1.54, 1.807) is 0 Å². The first-order valence-electron chi connectivity index (χ1n) is 7.42. The molecule has 4 heterocycles. The molecule has 0 amide bonds. The maximum Gasteiger partial charge on any atom is 0.276 e. The smallest absolute Gasteiger partial charge is 0.276 e. The van der Waals surface area contributed by atoms with E-state index in [4.69, 9.17) is 9.26 Å². The van der Waals surface area contributed by atoms with Crippen LogP contribution in [0, 0.1) is 0 Å². The lowest BCUT2D eigenvalue weighted by molar-refractivity contribution is 0.103. The van der Waals surface area contributed by atoms with Crippen molar-refractivity contribution in [1.29, 1.82) is 0 Å². The van der Waals surface area contributed by atoms with Gasteiger partial charge in [-0.25, -0.2) is 4.98 Å². The highest BCUT2D eigenvalue weighted by atomic mass is 16.5. The summed E-state index contributed by atoms with van der Waals surface area (Å²) in [7, 11) is 0. The average Bonchev–Trinajstić information content (AvgIpc) is 3.16. The van der Waals surface area contributed by atoms with E-state index in [1.807, 2.05) is 6.20 Å². The van der Waals surface area contributed by atoms with E-state index < -0.39 is 0 Å². The number of hydrogen-bond acceptors (Lipinski definition) is 5. The molecule has 0 spiro atoms. The summed E-state index contributed by atoms with van der Waals surface area (Å²) in [5.74, 6) is 2.37. The van der Waals surface area contributed by atoms with Crippen LogP contribution in [0.5, 0.6) is 0 Å². The van der Waals surface area contributed by atoms with Gasteiger partial charge in [0, 0.05) is 19.6 Å². The first-order chi connectivity index (χ1) is 9.92. The number of fused-ring (bicyclic) bond motifs is 1. The van der Waals surface area contributed by atoms with Gasteiger partial charge in [-0.3, -0.25) is 0 Å². The van der Waals surface area contributed by atoms with Crippen LogP contribution in [-0.2, 0) is 17.7 Å². The minimum atomic E-state index is -0.000902. The number of rotatable bonds is 2. The topological polar surface area (TPSA) is 66.0 Å². The summed E-state index contributed by atoms with van der Waals surface area (Å²) in [5.41, 5.74) is 0.943. The van der Waals surface area contributed by atoms with E-state index in [9.17, 15) is 0 Å². The van der Waals surface area contributed by atoms with Gasteiger partial charge in [0.2, 0.25) is 5.82 Å². The van der Waals surface area contributed by atoms with E-state index >= 15 is 0 Å². The van der Waals surface area contributed by atoms with Crippen molar-refractivity contribution in [3.8, 4) is 11.6 Å². The maximum absolute atomic E-state index is 5.59. The van der Waals surface area contributed by atoms with Crippen molar-refractivity contribution >= 4 is 0 Å². The monoisotopic (exact) mass is 274 g/mol. The second-order valence-corrected chi connectivity index (χ2v) is 5.48. The van der Waals surface area contributed by atoms with Crippen molar-refractivity contribution in [3.63, 3.8) is 0 Å². The minimum Gasteiger partial charge on any atom is -0.370 e. The normalized spacial score (nSPS) is 22.7. The standard InChI is InChI=1S/C14H18N4O2/c1-2-6-12-15-9-10(18(12)7-3-1)14-16-13(17-20-14)11-5-4-8-19-11/h9,11H,1-8H2. The Kier molecular flexibility index (Phi) is 3.03. The van der Waals surface area contributed by atoms with Gasteiger partial charge in [-0.2, -0.15) is 4.98 Å². The molecular weight excluding hydrogens is 256 g/mol. The molecule has 1 fully saturated rings. The molecule has 2 aromatic heterocycles. The molecule has 6 heteroatoms. The zero-order chi connectivity index (χ0) is 13.4. The molecule has 0 radical (unpaired) electrons. The van der Waals surface area contributed by atoms with Crippen LogP contribution in [0.25, 0.3) is 11.6 Å². The Morgan fingerprint density at radius 1 is 1.20 bits per heavy atom. The summed E-state index contributed by atoms with van der Waals surface area (Å²) < 4.78 is 13.2. The molecule has 0 aliphatic carbocycles. The van der Waals surface area contributed by atoms with E-state index in [1.165, 1.54) is 19.3 Å². The van der Waals surface area contributed by atoms with Crippen molar-refractivity contribution < 1.29 is 9.26 Å². The summed E-state index contributed by atoms with van der Waals surface area (Å²) in [6.45, 7) is 1.78. The number of imidazole rings is 1. The molecule has 0 aromatic carbocycles. The predicted molar refractivity (Wildman–Crippen MR) is 71.0 cm³/mol. The predicted octanol–water partition coefficient (Wildman–Crippen LogP) is 2.51. The maximum atomic E-state index is 5.59. The largest absolute Gasteiger partial charge is 0.370 e. The lowest BCUT2D eigenvalue weighted by Crippen LogP contribution is -2.03. The van der Waals surface area contributed by atoms with Crippen molar-refractivity contribution in [2.75, 3.05) is 6.61 Å². The Bertz CT molecular complexity index is 598. The van der Waals surface area contributed by atoms with E-state index in [0.29, 0.717) is 11.7 Å². The van der Waals surface area contributed by atoms with E-state index in [-0.39, 0.29) is 6.10 Å². The zero-order valence-electron chi connectivity index (χ0n) is 11.4. The van der Waals surface area contributed by atoms with E-state index in [2.05, 4.69) is 19.7 Å². The van der Waals surface area contributed by atoms with Gasteiger partial charge in [0.15, 0.2) is 0 Å². The van der Waals surface area contributed by atoms with E-state index in [0.717, 1.165) is 43.9 Å². The highest BCUT2D eigenvalue weighted by Crippen LogP contribution is 2.29. The summed E-state index contributed by atoms with van der Waals surface area (Å²) in [6, 6.07) is 0. The van der Waals surface area contributed by atoms with Crippen LogP contribution in [0.2, 0.25) is 0 Å². The summed E-state index contributed by atoms with van der Waals surface area (Å²) in [5, 5.41) is 4.07. The first kappa shape index (κ1) is 12.1. The molecule has 1 atom stereocenters. The fourth-order valence-corrected chi connectivity index (χ4v) is 3.01. The Labute approximate surface area is 117 Å². The third-order valence-corrected chi connectivity index (χ3v) is 4.10. The lowest BCUT2D eigenvalue weighted by Gasteiger charge is -2.05.